The van der Waals surface area contributed by atoms with Crippen molar-refractivity contribution < 1.29 is 14.3 Å². The third kappa shape index (κ3) is 2.63. The maximum absolute atomic E-state index is 13.4. The fraction of sp³-hybridized carbons (Fsp3) is 0.565. The standard InChI is InChI=1S/C23H28N2O3/c1-15-6-7-17(12-16(15)2)13-25-14-23-9-8-18(28-23)19(20(23)22(25)27)21(26)24-10-4-3-5-11-24/h6-9,12,18-20H,3-5,10-11,13-14H2,1-2H3/t18-,19?,20?,23-/m1/s1. The minimum atomic E-state index is -0.613. The molecule has 148 valence electrons. The van der Waals surface area contributed by atoms with Crippen molar-refractivity contribution in [3.8, 4) is 0 Å². The number of likely N-dealkylation sites (tertiary alicyclic amines) is 2. The summed E-state index contributed by atoms with van der Waals surface area (Å²) < 4.78 is 6.27. The number of benzene rings is 1. The van der Waals surface area contributed by atoms with Crippen LogP contribution in [-0.2, 0) is 20.9 Å². The number of carbonyl (C=O) groups is 2. The second kappa shape index (κ2) is 6.45. The summed E-state index contributed by atoms with van der Waals surface area (Å²) in [5, 5.41) is 0. The van der Waals surface area contributed by atoms with Crippen LogP contribution in [0.4, 0.5) is 0 Å². The van der Waals surface area contributed by atoms with Gasteiger partial charge < -0.3 is 14.5 Å². The van der Waals surface area contributed by atoms with Gasteiger partial charge in [0.1, 0.15) is 5.60 Å². The van der Waals surface area contributed by atoms with Crippen molar-refractivity contribution in [1.29, 1.82) is 0 Å². The highest BCUT2D eigenvalue weighted by atomic mass is 16.5. The lowest BCUT2D eigenvalue weighted by Gasteiger charge is -2.32. The normalized spacial score (nSPS) is 33.6. The first-order chi connectivity index (χ1) is 13.5. The molecule has 1 aromatic rings. The minimum absolute atomic E-state index is 0.0698. The molecule has 4 atom stereocenters. The minimum Gasteiger partial charge on any atom is -0.360 e. The van der Waals surface area contributed by atoms with Crippen molar-refractivity contribution in [3.63, 3.8) is 0 Å². The van der Waals surface area contributed by atoms with E-state index in [1.54, 1.807) is 0 Å². The molecule has 0 N–H and O–H groups in total. The molecule has 4 aliphatic heterocycles. The first-order valence-electron chi connectivity index (χ1n) is 10.5. The summed E-state index contributed by atoms with van der Waals surface area (Å²) >= 11 is 0. The van der Waals surface area contributed by atoms with Gasteiger partial charge in [0.05, 0.1) is 24.5 Å². The Balaban J connectivity index is 1.39. The molecule has 2 unspecified atom stereocenters. The number of fused-ring (bicyclic) bond motifs is 1. The third-order valence-electron chi connectivity index (χ3n) is 7.08. The van der Waals surface area contributed by atoms with Crippen LogP contribution in [-0.4, -0.2) is 53.0 Å². The zero-order chi connectivity index (χ0) is 19.5. The summed E-state index contributed by atoms with van der Waals surface area (Å²) in [7, 11) is 0. The van der Waals surface area contributed by atoms with Gasteiger partial charge in [-0.05, 0) is 49.8 Å². The number of amides is 2. The summed E-state index contributed by atoms with van der Waals surface area (Å²) in [5.41, 5.74) is 3.00. The predicted molar refractivity (Wildman–Crippen MR) is 105 cm³/mol. The van der Waals surface area contributed by atoms with Crippen LogP contribution in [0.5, 0.6) is 0 Å². The van der Waals surface area contributed by atoms with Gasteiger partial charge in [0.15, 0.2) is 0 Å². The van der Waals surface area contributed by atoms with E-state index in [-0.39, 0.29) is 29.8 Å². The van der Waals surface area contributed by atoms with Crippen LogP contribution < -0.4 is 0 Å². The fourth-order valence-corrected chi connectivity index (χ4v) is 5.44. The summed E-state index contributed by atoms with van der Waals surface area (Å²) in [6, 6.07) is 6.35. The molecule has 5 rings (SSSR count). The van der Waals surface area contributed by atoms with Crippen molar-refractivity contribution in [2.24, 2.45) is 11.8 Å². The number of carbonyl (C=O) groups excluding carboxylic acids is 2. The number of hydrogen-bond donors (Lipinski definition) is 0. The highest BCUT2D eigenvalue weighted by molar-refractivity contribution is 5.93. The van der Waals surface area contributed by atoms with Crippen LogP contribution in [0, 0.1) is 25.7 Å². The lowest BCUT2D eigenvalue weighted by molar-refractivity contribution is -0.144. The Hall–Kier alpha value is -2.14. The number of rotatable bonds is 3. The molecule has 28 heavy (non-hydrogen) atoms. The van der Waals surface area contributed by atoms with Gasteiger partial charge in [0, 0.05) is 19.6 Å². The van der Waals surface area contributed by atoms with Crippen LogP contribution in [0.15, 0.2) is 30.4 Å². The number of ether oxygens (including phenoxy) is 1. The summed E-state index contributed by atoms with van der Waals surface area (Å²) in [6.07, 6.45) is 7.11. The second-order valence-electron chi connectivity index (χ2n) is 8.90. The van der Waals surface area contributed by atoms with Gasteiger partial charge in [0.25, 0.3) is 0 Å². The zero-order valence-corrected chi connectivity index (χ0v) is 16.7. The van der Waals surface area contributed by atoms with Gasteiger partial charge in [-0.25, -0.2) is 0 Å². The predicted octanol–water partition coefficient (Wildman–Crippen LogP) is 2.60. The summed E-state index contributed by atoms with van der Waals surface area (Å²) in [5.74, 6) is -0.549. The summed E-state index contributed by atoms with van der Waals surface area (Å²) in [6.45, 7) is 6.93. The largest absolute Gasteiger partial charge is 0.360 e. The van der Waals surface area contributed by atoms with Crippen molar-refractivity contribution in [2.75, 3.05) is 19.6 Å². The molecule has 0 aliphatic carbocycles. The Morgan fingerprint density at radius 3 is 2.71 bits per heavy atom. The first kappa shape index (κ1) is 17.9. The Bertz CT molecular complexity index is 857. The van der Waals surface area contributed by atoms with E-state index >= 15 is 0 Å². The molecular weight excluding hydrogens is 352 g/mol. The van der Waals surface area contributed by atoms with Gasteiger partial charge in [-0.1, -0.05) is 30.4 Å². The Labute approximate surface area is 166 Å². The molecule has 2 amide bonds. The number of hydrogen-bond acceptors (Lipinski definition) is 3. The van der Waals surface area contributed by atoms with Gasteiger partial charge in [-0.3, -0.25) is 9.59 Å². The van der Waals surface area contributed by atoms with Crippen molar-refractivity contribution in [1.82, 2.24) is 9.80 Å². The quantitative estimate of drug-likeness (QED) is 0.758. The van der Waals surface area contributed by atoms with E-state index in [1.807, 2.05) is 22.0 Å². The summed E-state index contributed by atoms with van der Waals surface area (Å²) in [4.78, 5) is 30.5. The van der Waals surface area contributed by atoms with Crippen molar-refractivity contribution >= 4 is 11.8 Å². The third-order valence-corrected chi connectivity index (χ3v) is 7.08. The molecule has 3 fully saturated rings. The molecule has 1 aromatic carbocycles. The van der Waals surface area contributed by atoms with E-state index in [0.717, 1.165) is 31.5 Å². The molecule has 5 nitrogen and oxygen atoms in total. The Morgan fingerprint density at radius 1 is 1.18 bits per heavy atom. The number of aryl methyl sites for hydroxylation is 2. The first-order valence-corrected chi connectivity index (χ1v) is 10.5. The van der Waals surface area contributed by atoms with E-state index in [4.69, 9.17) is 4.74 Å². The maximum atomic E-state index is 13.4. The highest BCUT2D eigenvalue weighted by Gasteiger charge is 2.67. The molecule has 1 spiro atoms. The molecule has 0 radical (unpaired) electrons. The number of piperidine rings is 1. The molecule has 0 saturated carbocycles. The Kier molecular flexibility index (Phi) is 4.13. The van der Waals surface area contributed by atoms with Crippen LogP contribution in [0.2, 0.25) is 0 Å². The van der Waals surface area contributed by atoms with Gasteiger partial charge >= 0.3 is 0 Å². The molecule has 3 saturated heterocycles. The fourth-order valence-electron chi connectivity index (χ4n) is 5.44. The second-order valence-corrected chi connectivity index (χ2v) is 8.90. The van der Waals surface area contributed by atoms with Crippen LogP contribution in [0.3, 0.4) is 0 Å². The van der Waals surface area contributed by atoms with Crippen molar-refractivity contribution in [3.05, 3.63) is 47.0 Å². The molecular formula is C23H28N2O3. The topological polar surface area (TPSA) is 49.9 Å². The zero-order valence-electron chi connectivity index (χ0n) is 16.7. The maximum Gasteiger partial charge on any atom is 0.230 e. The van der Waals surface area contributed by atoms with Gasteiger partial charge in [-0.15, -0.1) is 0 Å². The smallest absolute Gasteiger partial charge is 0.230 e. The van der Waals surface area contributed by atoms with Crippen LogP contribution >= 0.6 is 0 Å². The van der Waals surface area contributed by atoms with Crippen LogP contribution in [0.1, 0.15) is 36.0 Å². The lowest BCUT2D eigenvalue weighted by Crippen LogP contribution is -2.47. The van der Waals surface area contributed by atoms with Gasteiger partial charge in [0.2, 0.25) is 11.8 Å². The van der Waals surface area contributed by atoms with E-state index in [1.165, 1.54) is 17.5 Å². The molecule has 4 heterocycles. The molecule has 2 bridgehead atoms. The van der Waals surface area contributed by atoms with Gasteiger partial charge in [-0.2, -0.15) is 0 Å². The average Bonchev–Trinajstić information content (AvgIpc) is 3.33. The van der Waals surface area contributed by atoms with E-state index in [0.29, 0.717) is 13.1 Å². The van der Waals surface area contributed by atoms with Crippen molar-refractivity contribution in [2.45, 2.75) is 51.4 Å². The van der Waals surface area contributed by atoms with Crippen LogP contribution in [0.25, 0.3) is 0 Å². The SMILES string of the molecule is Cc1ccc(CN2C[C@@]34C=C[C@@H](O3)C(C(=O)N3CCCCC3)C4C2=O)cc1C. The van der Waals surface area contributed by atoms with E-state index in [9.17, 15) is 9.59 Å². The average molecular weight is 380 g/mol. The lowest BCUT2D eigenvalue weighted by atomic mass is 9.76. The monoisotopic (exact) mass is 380 g/mol. The highest BCUT2D eigenvalue weighted by Crippen LogP contribution is 2.52. The number of nitrogens with zero attached hydrogens (tertiary/aromatic N) is 2. The van der Waals surface area contributed by atoms with E-state index in [2.05, 4.69) is 32.0 Å². The molecule has 4 aliphatic rings. The molecule has 5 heteroatoms. The van der Waals surface area contributed by atoms with E-state index < -0.39 is 5.60 Å². The Morgan fingerprint density at radius 2 is 1.96 bits per heavy atom. The molecule has 0 aromatic heterocycles.